The number of carbonyl (C=O) groups excluding carboxylic acids is 1. The molecule has 1 atom stereocenters. The molecule has 28 heavy (non-hydrogen) atoms. The number of nitrogens with one attached hydrogen (secondary N) is 1. The highest BCUT2D eigenvalue weighted by molar-refractivity contribution is 5.76. The van der Waals surface area contributed by atoms with Gasteiger partial charge in [0.2, 0.25) is 5.91 Å². The molecule has 0 radical (unpaired) electrons. The summed E-state index contributed by atoms with van der Waals surface area (Å²) in [7, 11) is 0. The first kappa shape index (κ1) is 19.5. The van der Waals surface area contributed by atoms with Gasteiger partial charge >= 0.3 is 0 Å². The van der Waals surface area contributed by atoms with E-state index in [0.717, 1.165) is 11.1 Å². The highest BCUT2D eigenvalue weighted by atomic mass is 19.1. The Bertz CT molecular complexity index is 985. The normalized spacial score (nSPS) is 11.8. The van der Waals surface area contributed by atoms with Gasteiger partial charge in [-0.05, 0) is 49.2 Å². The lowest BCUT2D eigenvalue weighted by Gasteiger charge is -2.14. The van der Waals surface area contributed by atoms with Gasteiger partial charge in [-0.15, -0.1) is 0 Å². The molecule has 1 N–H and O–H groups in total. The van der Waals surface area contributed by atoms with E-state index in [1.807, 2.05) is 37.3 Å². The monoisotopic (exact) mass is 379 g/mol. The largest absolute Gasteiger partial charge is 0.350 e. The quantitative estimate of drug-likeness (QED) is 0.681. The molecule has 3 aromatic rings. The minimum absolute atomic E-state index is 0.0703. The third kappa shape index (κ3) is 5.13. The summed E-state index contributed by atoms with van der Waals surface area (Å²) in [6.07, 6.45) is 0.791. The summed E-state index contributed by atoms with van der Waals surface area (Å²) < 4.78 is 14.4. The number of benzene rings is 2. The molecule has 3 rings (SSSR count). The first-order valence-electron chi connectivity index (χ1n) is 9.21. The second kappa shape index (κ2) is 9.08. The maximum absolute atomic E-state index is 13.1. The average Bonchev–Trinajstić information content (AvgIpc) is 2.70. The summed E-state index contributed by atoms with van der Waals surface area (Å²) in [4.78, 5) is 24.2. The van der Waals surface area contributed by atoms with E-state index in [9.17, 15) is 14.0 Å². The molecule has 1 amide bonds. The van der Waals surface area contributed by atoms with Gasteiger partial charge < -0.3 is 5.32 Å². The molecule has 0 bridgehead atoms. The first-order chi connectivity index (χ1) is 13.5. The zero-order valence-electron chi connectivity index (χ0n) is 15.6. The van der Waals surface area contributed by atoms with Gasteiger partial charge in [0.05, 0.1) is 11.7 Å². The van der Waals surface area contributed by atoms with Crippen molar-refractivity contribution in [1.82, 2.24) is 15.1 Å². The molecule has 0 aliphatic carbocycles. The highest BCUT2D eigenvalue weighted by Crippen LogP contribution is 2.16. The molecule has 6 heteroatoms. The Hall–Kier alpha value is -3.28. The molecule has 2 aromatic carbocycles. The fourth-order valence-electron chi connectivity index (χ4n) is 2.91. The Morgan fingerprint density at radius 2 is 1.79 bits per heavy atom. The van der Waals surface area contributed by atoms with Crippen molar-refractivity contribution in [3.05, 3.63) is 88.5 Å². The van der Waals surface area contributed by atoms with Gasteiger partial charge in [0, 0.05) is 24.6 Å². The molecular formula is C22H22FN3O2. The Balaban J connectivity index is 1.57. The first-order valence-corrected chi connectivity index (χ1v) is 9.21. The lowest BCUT2D eigenvalue weighted by molar-refractivity contribution is -0.121. The van der Waals surface area contributed by atoms with Crippen LogP contribution in [-0.4, -0.2) is 15.7 Å². The molecule has 0 spiro atoms. The Morgan fingerprint density at radius 1 is 1.07 bits per heavy atom. The molecule has 1 aromatic heterocycles. The fraction of sp³-hybridized carbons (Fsp3) is 0.227. The number of hydrogen-bond acceptors (Lipinski definition) is 3. The topological polar surface area (TPSA) is 64.0 Å². The van der Waals surface area contributed by atoms with Crippen molar-refractivity contribution in [2.45, 2.75) is 32.4 Å². The van der Waals surface area contributed by atoms with Crippen LogP contribution in [0.15, 0.2) is 71.5 Å². The van der Waals surface area contributed by atoms with Crippen LogP contribution in [0.2, 0.25) is 0 Å². The summed E-state index contributed by atoms with van der Waals surface area (Å²) in [5.41, 5.74) is 2.12. The number of aromatic nitrogens is 2. The van der Waals surface area contributed by atoms with Crippen molar-refractivity contribution >= 4 is 5.91 Å². The van der Waals surface area contributed by atoms with Crippen LogP contribution < -0.4 is 10.9 Å². The molecule has 0 fully saturated rings. The van der Waals surface area contributed by atoms with Crippen molar-refractivity contribution < 1.29 is 9.18 Å². The van der Waals surface area contributed by atoms with E-state index in [1.54, 1.807) is 18.2 Å². The van der Waals surface area contributed by atoms with Crippen LogP contribution in [0.5, 0.6) is 0 Å². The molecular weight excluding hydrogens is 357 g/mol. The maximum Gasteiger partial charge on any atom is 0.266 e. The maximum atomic E-state index is 13.1. The lowest BCUT2D eigenvalue weighted by atomic mass is 10.1. The number of amides is 1. The van der Waals surface area contributed by atoms with Crippen molar-refractivity contribution in [3.8, 4) is 11.3 Å². The zero-order valence-corrected chi connectivity index (χ0v) is 15.6. The minimum Gasteiger partial charge on any atom is -0.350 e. The number of nitrogens with zero attached hydrogens (tertiary/aromatic N) is 2. The van der Waals surface area contributed by atoms with E-state index in [-0.39, 0.29) is 23.3 Å². The Kier molecular flexibility index (Phi) is 6.32. The molecule has 0 saturated heterocycles. The summed E-state index contributed by atoms with van der Waals surface area (Å²) in [6.45, 7) is 2.27. The number of rotatable bonds is 7. The van der Waals surface area contributed by atoms with E-state index in [1.165, 1.54) is 22.9 Å². The van der Waals surface area contributed by atoms with Gasteiger partial charge in [-0.1, -0.05) is 30.3 Å². The van der Waals surface area contributed by atoms with Crippen LogP contribution >= 0.6 is 0 Å². The molecule has 0 unspecified atom stereocenters. The standard InChI is InChI=1S/C22H22FN3O2/c1-16(17-6-3-2-4-7-17)24-21(27)8-5-15-26-22(28)14-13-20(25-26)18-9-11-19(23)12-10-18/h2-4,6-7,9-14,16H,5,8,15H2,1H3,(H,24,27)/t16-/m0/s1. The number of carbonyl (C=O) groups is 1. The number of aryl methyl sites for hydroxylation is 1. The SMILES string of the molecule is C[C@H](NC(=O)CCCn1nc(-c2ccc(F)cc2)ccc1=O)c1ccccc1. The van der Waals surface area contributed by atoms with Gasteiger partial charge in [-0.3, -0.25) is 9.59 Å². The third-order valence-electron chi connectivity index (χ3n) is 4.46. The summed E-state index contributed by atoms with van der Waals surface area (Å²) in [6, 6.07) is 18.6. The van der Waals surface area contributed by atoms with Crippen LogP contribution in [-0.2, 0) is 11.3 Å². The van der Waals surface area contributed by atoms with Gasteiger partial charge in [0.25, 0.3) is 5.56 Å². The van der Waals surface area contributed by atoms with E-state index in [4.69, 9.17) is 0 Å². The predicted molar refractivity (Wildman–Crippen MR) is 106 cm³/mol. The summed E-state index contributed by atoms with van der Waals surface area (Å²) in [5.74, 6) is -0.396. The van der Waals surface area contributed by atoms with Crippen molar-refractivity contribution in [2.75, 3.05) is 0 Å². The van der Waals surface area contributed by atoms with Gasteiger partial charge in [-0.2, -0.15) is 5.10 Å². The zero-order chi connectivity index (χ0) is 19.9. The molecule has 144 valence electrons. The number of hydrogen-bond donors (Lipinski definition) is 1. The van der Waals surface area contributed by atoms with E-state index >= 15 is 0 Å². The fourth-order valence-corrected chi connectivity index (χ4v) is 2.91. The minimum atomic E-state index is -0.326. The van der Waals surface area contributed by atoms with Gasteiger partial charge in [0.15, 0.2) is 0 Å². The summed E-state index contributed by atoms with van der Waals surface area (Å²) >= 11 is 0. The van der Waals surface area contributed by atoms with Crippen molar-refractivity contribution in [3.63, 3.8) is 0 Å². The van der Waals surface area contributed by atoms with E-state index in [0.29, 0.717) is 25.1 Å². The third-order valence-corrected chi connectivity index (χ3v) is 4.46. The van der Waals surface area contributed by atoms with Gasteiger partial charge in [-0.25, -0.2) is 9.07 Å². The van der Waals surface area contributed by atoms with E-state index in [2.05, 4.69) is 10.4 Å². The predicted octanol–water partition coefficient (Wildman–Crippen LogP) is 3.71. The summed E-state index contributed by atoms with van der Waals surface area (Å²) in [5, 5.41) is 7.28. The highest BCUT2D eigenvalue weighted by Gasteiger charge is 2.10. The Labute approximate surface area is 162 Å². The lowest BCUT2D eigenvalue weighted by Crippen LogP contribution is -2.27. The second-order valence-corrected chi connectivity index (χ2v) is 6.59. The molecule has 0 aliphatic heterocycles. The van der Waals surface area contributed by atoms with Crippen LogP contribution in [0, 0.1) is 5.82 Å². The number of halogens is 1. The van der Waals surface area contributed by atoms with Crippen LogP contribution in [0.1, 0.15) is 31.4 Å². The molecule has 0 aliphatic rings. The van der Waals surface area contributed by atoms with Crippen molar-refractivity contribution in [1.29, 1.82) is 0 Å². The second-order valence-electron chi connectivity index (χ2n) is 6.59. The molecule has 5 nitrogen and oxygen atoms in total. The Morgan fingerprint density at radius 3 is 2.50 bits per heavy atom. The smallest absolute Gasteiger partial charge is 0.266 e. The average molecular weight is 379 g/mol. The molecule has 0 saturated carbocycles. The van der Waals surface area contributed by atoms with E-state index < -0.39 is 0 Å². The van der Waals surface area contributed by atoms with Crippen LogP contribution in [0.3, 0.4) is 0 Å². The van der Waals surface area contributed by atoms with Crippen molar-refractivity contribution in [2.24, 2.45) is 0 Å². The van der Waals surface area contributed by atoms with Crippen LogP contribution in [0.4, 0.5) is 4.39 Å². The van der Waals surface area contributed by atoms with Gasteiger partial charge in [0.1, 0.15) is 5.82 Å². The van der Waals surface area contributed by atoms with Crippen LogP contribution in [0.25, 0.3) is 11.3 Å². The molecule has 1 heterocycles.